The number of nitrogens with two attached hydrogens (primary N) is 1. The average Bonchev–Trinajstić information content (AvgIpc) is 2.81. The Balaban J connectivity index is 2.69. The maximum absolute atomic E-state index is 8.67. The maximum Gasteiger partial charge on any atom is 0.206 e. The Kier molecular flexibility index (Phi) is 5.52. The normalized spacial score (nSPS) is 13.9. The summed E-state index contributed by atoms with van der Waals surface area (Å²) in [6.45, 7) is 5.27. The molecule has 3 N–H and O–H groups in total. The van der Waals surface area contributed by atoms with Crippen LogP contribution in [0, 0.1) is 5.92 Å². The molecule has 96 valence electrons. The van der Waals surface area contributed by atoms with Gasteiger partial charge in [0.25, 0.3) is 0 Å². The van der Waals surface area contributed by atoms with E-state index < -0.39 is 0 Å². The highest BCUT2D eigenvalue weighted by molar-refractivity contribution is 5.93. The minimum atomic E-state index is 0.0698. The highest BCUT2D eigenvalue weighted by atomic mass is 16.4. The van der Waals surface area contributed by atoms with Gasteiger partial charge < -0.3 is 15.5 Å². The second-order valence-electron chi connectivity index (χ2n) is 4.30. The molecule has 0 radical (unpaired) electrons. The molecule has 0 aliphatic rings. The molecular formula is C12H22N4O. The van der Waals surface area contributed by atoms with Crippen LogP contribution in [0.25, 0.3) is 0 Å². The lowest BCUT2D eigenvalue weighted by Gasteiger charge is -2.16. The van der Waals surface area contributed by atoms with Gasteiger partial charge >= 0.3 is 0 Å². The van der Waals surface area contributed by atoms with Crippen LogP contribution in [-0.2, 0) is 6.54 Å². The standard InChI is InChI=1S/C12H22N4O/c1-3-5-6-10(4-2)9-16-8-7-14-12(16)11(13)15-17/h7-8,10,17H,3-6,9H2,1-2H3,(H2,13,15). The van der Waals surface area contributed by atoms with Crippen molar-refractivity contribution in [2.45, 2.75) is 46.1 Å². The lowest BCUT2D eigenvalue weighted by Crippen LogP contribution is -2.21. The topological polar surface area (TPSA) is 76.4 Å². The summed E-state index contributed by atoms with van der Waals surface area (Å²) in [5.41, 5.74) is 5.57. The third kappa shape index (κ3) is 3.76. The molecule has 1 unspecified atom stereocenters. The minimum absolute atomic E-state index is 0.0698. The third-order valence-electron chi connectivity index (χ3n) is 3.05. The van der Waals surface area contributed by atoms with Crippen LogP contribution >= 0.6 is 0 Å². The smallest absolute Gasteiger partial charge is 0.206 e. The molecule has 0 aliphatic carbocycles. The van der Waals surface area contributed by atoms with Gasteiger partial charge in [-0.2, -0.15) is 0 Å². The van der Waals surface area contributed by atoms with Gasteiger partial charge in [-0.15, -0.1) is 0 Å². The summed E-state index contributed by atoms with van der Waals surface area (Å²) >= 11 is 0. The van der Waals surface area contributed by atoms with E-state index in [9.17, 15) is 0 Å². The Labute approximate surface area is 102 Å². The van der Waals surface area contributed by atoms with Crippen LogP contribution in [0.3, 0.4) is 0 Å². The Hall–Kier alpha value is -1.52. The van der Waals surface area contributed by atoms with Gasteiger partial charge in [0.1, 0.15) is 0 Å². The maximum atomic E-state index is 8.67. The van der Waals surface area contributed by atoms with Crippen molar-refractivity contribution in [3.8, 4) is 0 Å². The summed E-state index contributed by atoms with van der Waals surface area (Å²) in [5, 5.41) is 11.7. The molecular weight excluding hydrogens is 216 g/mol. The Morgan fingerprint density at radius 3 is 2.94 bits per heavy atom. The van der Waals surface area contributed by atoms with Crippen molar-refractivity contribution in [2.24, 2.45) is 16.8 Å². The number of nitrogens with zero attached hydrogens (tertiary/aromatic N) is 3. The average molecular weight is 238 g/mol. The number of hydrogen-bond acceptors (Lipinski definition) is 3. The summed E-state index contributed by atoms with van der Waals surface area (Å²) in [6.07, 6.45) is 8.36. The number of oxime groups is 1. The number of aromatic nitrogens is 2. The van der Waals surface area contributed by atoms with Crippen LogP contribution in [-0.4, -0.2) is 20.6 Å². The first-order chi connectivity index (χ1) is 8.22. The third-order valence-corrected chi connectivity index (χ3v) is 3.05. The Bertz CT molecular complexity index is 359. The molecule has 1 atom stereocenters. The monoisotopic (exact) mass is 238 g/mol. The highest BCUT2D eigenvalue weighted by Crippen LogP contribution is 2.15. The molecule has 0 amide bonds. The molecule has 0 saturated heterocycles. The first-order valence-corrected chi connectivity index (χ1v) is 6.21. The fourth-order valence-electron chi connectivity index (χ4n) is 1.93. The summed E-state index contributed by atoms with van der Waals surface area (Å²) < 4.78 is 1.96. The van der Waals surface area contributed by atoms with E-state index in [-0.39, 0.29) is 5.84 Å². The second kappa shape index (κ2) is 6.93. The van der Waals surface area contributed by atoms with Crippen LogP contribution in [0.1, 0.15) is 45.4 Å². The van der Waals surface area contributed by atoms with Gasteiger partial charge in [0.05, 0.1) is 0 Å². The van der Waals surface area contributed by atoms with E-state index in [1.54, 1.807) is 6.20 Å². The molecule has 1 aromatic heterocycles. The SMILES string of the molecule is CCCCC(CC)Cn1ccnc1C(N)=NO. The van der Waals surface area contributed by atoms with Crippen molar-refractivity contribution in [3.05, 3.63) is 18.2 Å². The molecule has 0 spiro atoms. The predicted octanol–water partition coefficient (Wildman–Crippen LogP) is 2.19. The van der Waals surface area contributed by atoms with Gasteiger partial charge in [0.2, 0.25) is 5.84 Å². The summed E-state index contributed by atoms with van der Waals surface area (Å²) in [4.78, 5) is 4.10. The van der Waals surface area contributed by atoms with Gasteiger partial charge in [-0.3, -0.25) is 0 Å². The molecule has 0 aliphatic heterocycles. The molecule has 1 heterocycles. The first kappa shape index (κ1) is 13.5. The number of hydrogen-bond donors (Lipinski definition) is 2. The minimum Gasteiger partial charge on any atom is -0.409 e. The molecule has 1 aromatic rings. The zero-order valence-corrected chi connectivity index (χ0v) is 10.6. The lowest BCUT2D eigenvalue weighted by atomic mass is 9.99. The van der Waals surface area contributed by atoms with E-state index in [2.05, 4.69) is 24.0 Å². The van der Waals surface area contributed by atoms with Crippen molar-refractivity contribution in [2.75, 3.05) is 0 Å². The van der Waals surface area contributed by atoms with Gasteiger partial charge in [-0.05, 0) is 12.3 Å². The van der Waals surface area contributed by atoms with Crippen LogP contribution in [0.15, 0.2) is 17.5 Å². The van der Waals surface area contributed by atoms with Gasteiger partial charge in [-0.25, -0.2) is 4.98 Å². The van der Waals surface area contributed by atoms with Crippen LogP contribution < -0.4 is 5.73 Å². The van der Waals surface area contributed by atoms with Crippen molar-refractivity contribution in [1.82, 2.24) is 9.55 Å². The zero-order chi connectivity index (χ0) is 12.7. The molecule has 17 heavy (non-hydrogen) atoms. The van der Waals surface area contributed by atoms with E-state index in [0.29, 0.717) is 11.7 Å². The summed E-state index contributed by atoms with van der Waals surface area (Å²) in [5.74, 6) is 1.23. The molecule has 1 rings (SSSR count). The first-order valence-electron chi connectivity index (χ1n) is 6.21. The molecule has 5 nitrogen and oxygen atoms in total. The highest BCUT2D eigenvalue weighted by Gasteiger charge is 2.12. The van der Waals surface area contributed by atoms with E-state index in [1.165, 1.54) is 19.3 Å². The fourth-order valence-corrected chi connectivity index (χ4v) is 1.93. The Morgan fingerprint density at radius 2 is 2.35 bits per heavy atom. The van der Waals surface area contributed by atoms with Crippen molar-refractivity contribution in [3.63, 3.8) is 0 Å². The van der Waals surface area contributed by atoms with Crippen molar-refractivity contribution in [1.29, 1.82) is 0 Å². The fraction of sp³-hybridized carbons (Fsp3) is 0.667. The zero-order valence-electron chi connectivity index (χ0n) is 10.6. The van der Waals surface area contributed by atoms with Crippen molar-refractivity contribution < 1.29 is 5.21 Å². The van der Waals surface area contributed by atoms with Crippen LogP contribution in [0.2, 0.25) is 0 Å². The summed E-state index contributed by atoms with van der Waals surface area (Å²) in [6, 6.07) is 0. The van der Waals surface area contributed by atoms with Gasteiger partial charge in [0.15, 0.2) is 5.82 Å². The second-order valence-corrected chi connectivity index (χ2v) is 4.30. The molecule has 5 heteroatoms. The van der Waals surface area contributed by atoms with Crippen molar-refractivity contribution >= 4 is 5.84 Å². The number of amidine groups is 1. The quantitative estimate of drug-likeness (QED) is 0.331. The predicted molar refractivity (Wildman–Crippen MR) is 68.0 cm³/mol. The molecule has 0 bridgehead atoms. The number of unbranched alkanes of at least 4 members (excludes halogenated alkanes) is 1. The molecule has 0 saturated carbocycles. The number of imidazole rings is 1. The lowest BCUT2D eigenvalue weighted by molar-refractivity contribution is 0.317. The molecule has 0 aromatic carbocycles. The van der Waals surface area contributed by atoms with E-state index >= 15 is 0 Å². The number of rotatable bonds is 7. The largest absolute Gasteiger partial charge is 0.409 e. The van der Waals surface area contributed by atoms with E-state index in [1.807, 2.05) is 10.8 Å². The summed E-state index contributed by atoms with van der Waals surface area (Å²) in [7, 11) is 0. The van der Waals surface area contributed by atoms with Crippen LogP contribution in [0.5, 0.6) is 0 Å². The van der Waals surface area contributed by atoms with E-state index in [0.717, 1.165) is 13.0 Å². The van der Waals surface area contributed by atoms with E-state index in [4.69, 9.17) is 10.9 Å². The van der Waals surface area contributed by atoms with Gasteiger partial charge in [-0.1, -0.05) is 38.3 Å². The van der Waals surface area contributed by atoms with Gasteiger partial charge in [0, 0.05) is 18.9 Å². The molecule has 0 fully saturated rings. The Morgan fingerprint density at radius 1 is 1.59 bits per heavy atom. The van der Waals surface area contributed by atoms with Crippen LogP contribution in [0.4, 0.5) is 0 Å².